The van der Waals surface area contributed by atoms with Crippen LogP contribution in [0.1, 0.15) is 65.0 Å². The minimum atomic E-state index is -0.588. The van der Waals surface area contributed by atoms with Crippen LogP contribution in [0.2, 0.25) is 0 Å². The van der Waals surface area contributed by atoms with Crippen molar-refractivity contribution in [2.24, 2.45) is 5.41 Å². The Morgan fingerprint density at radius 2 is 1.80 bits per heavy atom. The third-order valence-corrected chi connectivity index (χ3v) is 5.00. The van der Waals surface area contributed by atoms with Crippen molar-refractivity contribution in [3.8, 4) is 0 Å². The van der Waals surface area contributed by atoms with Gasteiger partial charge in [-0.3, -0.25) is 9.59 Å². The highest BCUT2D eigenvalue weighted by molar-refractivity contribution is 5.94. The number of amides is 2. The summed E-state index contributed by atoms with van der Waals surface area (Å²) in [5.41, 5.74) is 0.936. The number of nitrogens with zero attached hydrogens (tertiary/aromatic N) is 1. The van der Waals surface area contributed by atoms with E-state index in [2.05, 4.69) is 6.58 Å². The molecule has 0 unspecified atom stereocenters. The number of esters is 1. The Bertz CT molecular complexity index is 798. The summed E-state index contributed by atoms with van der Waals surface area (Å²) in [5, 5.41) is 0. The predicted molar refractivity (Wildman–Crippen MR) is 115 cm³/mol. The summed E-state index contributed by atoms with van der Waals surface area (Å²) in [6.07, 6.45) is 1.42. The highest BCUT2D eigenvalue weighted by Gasteiger charge is 2.44. The third-order valence-electron chi connectivity index (χ3n) is 5.00. The molecule has 2 atom stereocenters. The lowest BCUT2D eigenvalue weighted by atomic mass is 9.86. The maximum Gasteiger partial charge on any atom is 0.416 e. The first kappa shape index (κ1) is 23.6. The van der Waals surface area contributed by atoms with Crippen LogP contribution in [0.15, 0.2) is 36.9 Å². The predicted octanol–water partition coefficient (Wildman–Crippen LogP) is 4.62. The van der Waals surface area contributed by atoms with Crippen molar-refractivity contribution < 1.29 is 23.9 Å². The Labute approximate surface area is 179 Å². The standard InChI is InChI=1S/C24H33NO5/c1-8-17(14-20(26)25-19(23(2,3)4)15-29-22(25)28)18-11-9-16(10-12-18)13-21(27)30-24(5,6)7/h8-12,17,19H,1,13-15H2,2-7H3/t17-,19+/m0/s1. The van der Waals surface area contributed by atoms with E-state index in [-0.39, 0.29) is 48.7 Å². The van der Waals surface area contributed by atoms with E-state index in [1.165, 1.54) is 4.90 Å². The molecule has 1 aliphatic rings. The van der Waals surface area contributed by atoms with Crippen LogP contribution in [0, 0.1) is 5.41 Å². The third kappa shape index (κ3) is 6.18. The molecule has 164 valence electrons. The van der Waals surface area contributed by atoms with E-state index in [1.54, 1.807) is 6.08 Å². The van der Waals surface area contributed by atoms with Gasteiger partial charge in [0.25, 0.3) is 0 Å². The molecule has 0 aromatic heterocycles. The van der Waals surface area contributed by atoms with Gasteiger partial charge in [0.1, 0.15) is 12.2 Å². The van der Waals surface area contributed by atoms with E-state index in [0.717, 1.165) is 11.1 Å². The maximum atomic E-state index is 12.9. The molecule has 0 saturated carbocycles. The number of allylic oxidation sites excluding steroid dienone is 1. The van der Waals surface area contributed by atoms with Crippen molar-refractivity contribution in [2.75, 3.05) is 6.61 Å². The minimum Gasteiger partial charge on any atom is -0.460 e. The molecule has 1 aliphatic heterocycles. The smallest absolute Gasteiger partial charge is 0.416 e. The Kier molecular flexibility index (Phi) is 7.11. The average Bonchev–Trinajstić information content (AvgIpc) is 3.00. The number of hydrogen-bond donors (Lipinski definition) is 0. The van der Waals surface area contributed by atoms with Crippen LogP contribution in [-0.4, -0.2) is 41.1 Å². The number of benzene rings is 1. The number of hydrogen-bond acceptors (Lipinski definition) is 5. The Morgan fingerprint density at radius 3 is 2.30 bits per heavy atom. The van der Waals surface area contributed by atoms with Crippen LogP contribution >= 0.6 is 0 Å². The lowest BCUT2D eigenvalue weighted by Gasteiger charge is -2.31. The summed E-state index contributed by atoms with van der Waals surface area (Å²) in [5.74, 6) is -0.811. The number of ether oxygens (including phenoxy) is 2. The molecule has 0 radical (unpaired) electrons. The van der Waals surface area contributed by atoms with Crippen LogP contribution in [0.25, 0.3) is 0 Å². The highest BCUT2D eigenvalue weighted by Crippen LogP contribution is 2.32. The van der Waals surface area contributed by atoms with Gasteiger partial charge in [-0.2, -0.15) is 0 Å². The molecule has 1 fully saturated rings. The average molecular weight is 416 g/mol. The van der Waals surface area contributed by atoms with Crippen molar-refractivity contribution in [3.63, 3.8) is 0 Å². The molecule has 1 aromatic rings. The molecular weight excluding hydrogens is 382 g/mol. The zero-order valence-electron chi connectivity index (χ0n) is 18.9. The number of imide groups is 1. The van der Waals surface area contributed by atoms with Gasteiger partial charge in [-0.15, -0.1) is 6.58 Å². The van der Waals surface area contributed by atoms with E-state index in [1.807, 2.05) is 65.8 Å². The highest BCUT2D eigenvalue weighted by atomic mass is 16.6. The maximum absolute atomic E-state index is 12.9. The second kappa shape index (κ2) is 9.02. The topological polar surface area (TPSA) is 72.9 Å². The summed E-state index contributed by atoms with van der Waals surface area (Å²) >= 11 is 0. The van der Waals surface area contributed by atoms with Gasteiger partial charge in [-0.1, -0.05) is 51.1 Å². The number of carbonyl (C=O) groups excluding carboxylic acids is 3. The van der Waals surface area contributed by atoms with Gasteiger partial charge in [0.05, 0.1) is 12.5 Å². The summed E-state index contributed by atoms with van der Waals surface area (Å²) in [6, 6.07) is 7.16. The fourth-order valence-corrected chi connectivity index (χ4v) is 3.39. The Balaban J connectivity index is 2.07. The van der Waals surface area contributed by atoms with Crippen molar-refractivity contribution >= 4 is 18.0 Å². The molecule has 0 bridgehead atoms. The molecule has 2 amide bonds. The molecule has 0 N–H and O–H groups in total. The van der Waals surface area contributed by atoms with Crippen molar-refractivity contribution in [2.45, 2.75) is 71.9 Å². The molecule has 30 heavy (non-hydrogen) atoms. The Morgan fingerprint density at radius 1 is 1.20 bits per heavy atom. The fraction of sp³-hybridized carbons (Fsp3) is 0.542. The summed E-state index contributed by atoms with van der Waals surface area (Å²) in [6.45, 7) is 15.5. The van der Waals surface area contributed by atoms with Crippen LogP contribution in [0.5, 0.6) is 0 Å². The van der Waals surface area contributed by atoms with E-state index < -0.39 is 11.7 Å². The Hall–Kier alpha value is -2.63. The molecule has 1 saturated heterocycles. The van der Waals surface area contributed by atoms with Crippen LogP contribution in [0.3, 0.4) is 0 Å². The number of cyclic esters (lactones) is 1. The summed E-state index contributed by atoms with van der Waals surface area (Å²) < 4.78 is 10.5. The fourth-order valence-electron chi connectivity index (χ4n) is 3.39. The molecule has 2 rings (SSSR count). The first-order valence-corrected chi connectivity index (χ1v) is 10.2. The van der Waals surface area contributed by atoms with E-state index in [9.17, 15) is 14.4 Å². The van der Waals surface area contributed by atoms with Crippen molar-refractivity contribution in [1.82, 2.24) is 4.90 Å². The van der Waals surface area contributed by atoms with E-state index in [4.69, 9.17) is 9.47 Å². The molecule has 1 heterocycles. The van der Waals surface area contributed by atoms with Gasteiger partial charge >= 0.3 is 12.1 Å². The lowest BCUT2D eigenvalue weighted by Crippen LogP contribution is -2.46. The van der Waals surface area contributed by atoms with Crippen molar-refractivity contribution in [3.05, 3.63) is 48.0 Å². The quantitative estimate of drug-likeness (QED) is 0.500. The normalized spacial score (nSPS) is 18.0. The first-order chi connectivity index (χ1) is 13.8. The van der Waals surface area contributed by atoms with E-state index in [0.29, 0.717) is 0 Å². The lowest BCUT2D eigenvalue weighted by molar-refractivity contribution is -0.153. The zero-order chi connectivity index (χ0) is 22.7. The zero-order valence-corrected chi connectivity index (χ0v) is 18.9. The van der Waals surface area contributed by atoms with Gasteiger partial charge < -0.3 is 9.47 Å². The minimum absolute atomic E-state index is 0.122. The summed E-state index contributed by atoms with van der Waals surface area (Å²) in [7, 11) is 0. The largest absolute Gasteiger partial charge is 0.460 e. The molecule has 1 aromatic carbocycles. The second-order valence-corrected chi connectivity index (χ2v) is 9.77. The van der Waals surface area contributed by atoms with Gasteiger partial charge in [0, 0.05) is 12.3 Å². The van der Waals surface area contributed by atoms with Gasteiger partial charge in [-0.25, -0.2) is 9.69 Å². The van der Waals surface area contributed by atoms with Gasteiger partial charge in [0.2, 0.25) is 5.91 Å². The monoisotopic (exact) mass is 415 g/mol. The molecule has 0 aliphatic carbocycles. The summed E-state index contributed by atoms with van der Waals surface area (Å²) in [4.78, 5) is 38.3. The number of carbonyl (C=O) groups is 3. The first-order valence-electron chi connectivity index (χ1n) is 10.2. The van der Waals surface area contributed by atoms with E-state index >= 15 is 0 Å². The molecular formula is C24H33NO5. The van der Waals surface area contributed by atoms with Crippen LogP contribution < -0.4 is 0 Å². The van der Waals surface area contributed by atoms with Gasteiger partial charge in [0.15, 0.2) is 0 Å². The number of rotatable bonds is 6. The SMILES string of the molecule is C=C[C@@H](CC(=O)N1C(=O)OC[C@@H]1C(C)(C)C)c1ccc(CC(=O)OC(C)(C)C)cc1. The van der Waals surface area contributed by atoms with Gasteiger partial charge in [-0.05, 0) is 37.3 Å². The molecule has 0 spiro atoms. The molecule has 6 nitrogen and oxygen atoms in total. The van der Waals surface area contributed by atoms with Crippen LogP contribution in [-0.2, 0) is 25.5 Å². The van der Waals surface area contributed by atoms with Crippen LogP contribution in [0.4, 0.5) is 4.79 Å². The molecule has 6 heteroatoms. The van der Waals surface area contributed by atoms with Crippen molar-refractivity contribution in [1.29, 1.82) is 0 Å². The second-order valence-electron chi connectivity index (χ2n) is 9.77.